The fourth-order valence-electron chi connectivity index (χ4n) is 3.14. The topological polar surface area (TPSA) is 80.9 Å². The van der Waals surface area contributed by atoms with Gasteiger partial charge >= 0.3 is 0 Å². The van der Waals surface area contributed by atoms with Gasteiger partial charge in [0.15, 0.2) is 11.9 Å². The molecular formula is C17H20N4O4. The number of benzene rings is 1. The molecule has 1 fully saturated rings. The first-order chi connectivity index (χ1) is 12.2. The lowest BCUT2D eigenvalue weighted by molar-refractivity contribution is -0.142. The van der Waals surface area contributed by atoms with E-state index in [1.165, 1.54) is 0 Å². The van der Waals surface area contributed by atoms with Crippen molar-refractivity contribution < 1.29 is 18.8 Å². The average molecular weight is 344 g/mol. The fraction of sp³-hybridized carbons (Fsp3) is 0.471. The van der Waals surface area contributed by atoms with Crippen molar-refractivity contribution in [2.75, 3.05) is 37.7 Å². The second-order valence-electron chi connectivity index (χ2n) is 6.13. The van der Waals surface area contributed by atoms with Gasteiger partial charge in [-0.3, -0.25) is 4.79 Å². The van der Waals surface area contributed by atoms with Gasteiger partial charge in [-0.2, -0.15) is 4.98 Å². The molecule has 0 unspecified atom stereocenters. The van der Waals surface area contributed by atoms with Gasteiger partial charge in [-0.25, -0.2) is 0 Å². The van der Waals surface area contributed by atoms with Crippen molar-refractivity contribution in [2.24, 2.45) is 0 Å². The van der Waals surface area contributed by atoms with Gasteiger partial charge < -0.3 is 23.8 Å². The molecule has 1 amide bonds. The molecule has 1 saturated heterocycles. The van der Waals surface area contributed by atoms with Crippen molar-refractivity contribution in [2.45, 2.75) is 19.6 Å². The summed E-state index contributed by atoms with van der Waals surface area (Å²) < 4.78 is 16.5. The first-order valence-corrected chi connectivity index (χ1v) is 8.37. The molecule has 8 nitrogen and oxygen atoms in total. The zero-order chi connectivity index (χ0) is 17.2. The summed E-state index contributed by atoms with van der Waals surface area (Å²) in [6.45, 7) is 5.00. The standard InChI is InChI=1S/C17H20N4O4/c1-12-18-16(25-19-12)11-21-10-15(17(22)20-6-8-23-9-7-20)24-14-5-3-2-4-13(14)21/h2-5,15H,6-11H2,1H3/t15-/m0/s1. The third-order valence-corrected chi connectivity index (χ3v) is 4.36. The molecule has 1 aromatic carbocycles. The first-order valence-electron chi connectivity index (χ1n) is 8.37. The maximum Gasteiger partial charge on any atom is 0.265 e. The van der Waals surface area contributed by atoms with Gasteiger partial charge in [0.1, 0.15) is 5.75 Å². The highest BCUT2D eigenvalue weighted by atomic mass is 16.5. The molecule has 2 aliphatic rings. The Morgan fingerprint density at radius 1 is 1.28 bits per heavy atom. The number of amides is 1. The van der Waals surface area contributed by atoms with E-state index in [9.17, 15) is 4.79 Å². The predicted molar refractivity (Wildman–Crippen MR) is 88.3 cm³/mol. The number of aromatic nitrogens is 2. The van der Waals surface area contributed by atoms with Crippen LogP contribution in [0, 0.1) is 6.92 Å². The van der Waals surface area contributed by atoms with E-state index in [1.807, 2.05) is 24.3 Å². The van der Waals surface area contributed by atoms with Crippen LogP contribution in [0.4, 0.5) is 5.69 Å². The number of fused-ring (bicyclic) bond motifs is 1. The van der Waals surface area contributed by atoms with Crippen LogP contribution in [0.3, 0.4) is 0 Å². The minimum absolute atomic E-state index is 0.00971. The Morgan fingerprint density at radius 2 is 2.08 bits per heavy atom. The van der Waals surface area contributed by atoms with Gasteiger partial charge in [0.25, 0.3) is 5.91 Å². The number of hydrogen-bond donors (Lipinski definition) is 0. The first kappa shape index (κ1) is 15.9. The van der Waals surface area contributed by atoms with Crippen molar-refractivity contribution in [3.8, 4) is 5.75 Å². The van der Waals surface area contributed by atoms with Crippen LogP contribution in [-0.4, -0.2) is 59.9 Å². The monoisotopic (exact) mass is 344 g/mol. The van der Waals surface area contributed by atoms with E-state index in [0.29, 0.717) is 56.9 Å². The lowest BCUT2D eigenvalue weighted by atomic mass is 10.1. The molecule has 2 aliphatic heterocycles. The van der Waals surface area contributed by atoms with Crippen LogP contribution in [0.25, 0.3) is 0 Å². The maximum atomic E-state index is 12.8. The van der Waals surface area contributed by atoms with E-state index >= 15 is 0 Å². The van der Waals surface area contributed by atoms with Gasteiger partial charge in [-0.05, 0) is 19.1 Å². The van der Waals surface area contributed by atoms with Crippen LogP contribution >= 0.6 is 0 Å². The van der Waals surface area contributed by atoms with Crippen LogP contribution in [0.15, 0.2) is 28.8 Å². The Morgan fingerprint density at radius 3 is 2.84 bits per heavy atom. The van der Waals surface area contributed by atoms with Gasteiger partial charge in [0, 0.05) is 13.1 Å². The number of morpholine rings is 1. The van der Waals surface area contributed by atoms with Crippen molar-refractivity contribution in [1.82, 2.24) is 15.0 Å². The zero-order valence-electron chi connectivity index (χ0n) is 14.1. The number of ether oxygens (including phenoxy) is 2. The van der Waals surface area contributed by atoms with Crippen molar-refractivity contribution in [1.29, 1.82) is 0 Å². The number of carbonyl (C=O) groups is 1. The van der Waals surface area contributed by atoms with Crippen LogP contribution in [0.5, 0.6) is 5.75 Å². The summed E-state index contributed by atoms with van der Waals surface area (Å²) in [7, 11) is 0. The van der Waals surface area contributed by atoms with Crippen molar-refractivity contribution in [3.05, 3.63) is 36.0 Å². The summed E-state index contributed by atoms with van der Waals surface area (Å²) in [5.74, 6) is 1.80. The highest BCUT2D eigenvalue weighted by Gasteiger charge is 2.34. The summed E-state index contributed by atoms with van der Waals surface area (Å²) in [4.78, 5) is 21.0. The molecule has 8 heteroatoms. The number of nitrogens with zero attached hydrogens (tertiary/aromatic N) is 4. The molecule has 3 heterocycles. The van der Waals surface area contributed by atoms with Crippen LogP contribution in [-0.2, 0) is 16.1 Å². The van der Waals surface area contributed by atoms with Gasteiger partial charge in [-0.15, -0.1) is 0 Å². The number of rotatable bonds is 3. The SMILES string of the molecule is Cc1noc(CN2C[C@@H](C(=O)N3CCOCC3)Oc3ccccc32)n1. The quantitative estimate of drug-likeness (QED) is 0.822. The molecule has 0 radical (unpaired) electrons. The second-order valence-corrected chi connectivity index (χ2v) is 6.13. The third kappa shape index (κ3) is 3.30. The molecule has 25 heavy (non-hydrogen) atoms. The van der Waals surface area contributed by atoms with E-state index in [2.05, 4.69) is 15.0 Å². The summed E-state index contributed by atoms with van der Waals surface area (Å²) in [6.07, 6.45) is -0.558. The molecule has 0 spiro atoms. The number of hydrogen-bond acceptors (Lipinski definition) is 7. The normalized spacial score (nSPS) is 20.1. The van der Waals surface area contributed by atoms with Gasteiger partial charge in [-0.1, -0.05) is 17.3 Å². The maximum absolute atomic E-state index is 12.8. The van der Waals surface area contributed by atoms with Crippen molar-refractivity contribution in [3.63, 3.8) is 0 Å². The largest absolute Gasteiger partial charge is 0.477 e. The van der Waals surface area contributed by atoms with Gasteiger partial charge in [0.05, 0.1) is 32.0 Å². The minimum Gasteiger partial charge on any atom is -0.477 e. The van der Waals surface area contributed by atoms with Crippen molar-refractivity contribution >= 4 is 11.6 Å². The molecule has 0 bridgehead atoms. The molecule has 4 rings (SSSR count). The average Bonchev–Trinajstić information content (AvgIpc) is 3.06. The molecule has 1 atom stereocenters. The second kappa shape index (κ2) is 6.72. The number of anilines is 1. The molecular weight excluding hydrogens is 324 g/mol. The highest BCUT2D eigenvalue weighted by molar-refractivity contribution is 5.83. The summed E-state index contributed by atoms with van der Waals surface area (Å²) in [5, 5.41) is 3.83. The number of carbonyl (C=O) groups excluding carboxylic acids is 1. The predicted octanol–water partition coefficient (Wildman–Crippen LogP) is 1.00. The summed E-state index contributed by atoms with van der Waals surface area (Å²) in [6, 6.07) is 7.68. The van der Waals surface area contributed by atoms with Crippen LogP contribution < -0.4 is 9.64 Å². The molecule has 0 aliphatic carbocycles. The van der Waals surface area contributed by atoms with Crippen LogP contribution in [0.1, 0.15) is 11.7 Å². The van der Waals surface area contributed by atoms with E-state index in [1.54, 1.807) is 11.8 Å². The molecule has 132 valence electrons. The van der Waals surface area contributed by atoms with Gasteiger partial charge in [0.2, 0.25) is 5.89 Å². The molecule has 1 aromatic heterocycles. The Balaban J connectivity index is 1.56. The molecule has 2 aromatic rings. The Hall–Kier alpha value is -2.61. The Kier molecular flexibility index (Phi) is 4.27. The van der Waals surface area contributed by atoms with E-state index in [4.69, 9.17) is 14.0 Å². The Bertz CT molecular complexity index is 757. The van der Waals surface area contributed by atoms with E-state index in [-0.39, 0.29) is 5.91 Å². The summed E-state index contributed by atoms with van der Waals surface area (Å²) >= 11 is 0. The third-order valence-electron chi connectivity index (χ3n) is 4.36. The van der Waals surface area contributed by atoms with E-state index < -0.39 is 6.10 Å². The molecule has 0 N–H and O–H groups in total. The summed E-state index contributed by atoms with van der Waals surface area (Å²) in [5.41, 5.74) is 0.921. The Labute approximate surface area is 145 Å². The molecule has 0 saturated carbocycles. The lowest BCUT2D eigenvalue weighted by Gasteiger charge is -2.37. The smallest absolute Gasteiger partial charge is 0.265 e. The van der Waals surface area contributed by atoms with E-state index in [0.717, 1.165) is 5.69 Å². The van der Waals surface area contributed by atoms with Crippen LogP contribution in [0.2, 0.25) is 0 Å². The fourth-order valence-corrected chi connectivity index (χ4v) is 3.14. The zero-order valence-corrected chi connectivity index (χ0v) is 14.1. The minimum atomic E-state index is -0.558. The highest BCUT2D eigenvalue weighted by Crippen LogP contribution is 2.34. The number of aryl methyl sites for hydroxylation is 1. The lowest BCUT2D eigenvalue weighted by Crippen LogP contribution is -2.52. The number of para-hydroxylation sites is 2.